The maximum absolute atomic E-state index is 13.4. The molecular formula is C26H23ClFN5O2. The maximum atomic E-state index is 13.4. The molecule has 0 aliphatic carbocycles. The van der Waals surface area contributed by atoms with Crippen LogP contribution in [0.5, 0.6) is 5.75 Å². The highest BCUT2D eigenvalue weighted by Gasteiger charge is 2.12. The molecule has 0 aliphatic heterocycles. The number of anilines is 4. The van der Waals surface area contributed by atoms with Crippen molar-refractivity contribution < 1.29 is 14.3 Å². The average Bonchev–Trinajstić information content (AvgIpc) is 2.85. The van der Waals surface area contributed by atoms with Crippen molar-refractivity contribution >= 4 is 40.4 Å². The van der Waals surface area contributed by atoms with Crippen LogP contribution in [-0.2, 0) is 13.2 Å². The maximum Gasteiger partial charge on any atom is 0.251 e. The van der Waals surface area contributed by atoms with Gasteiger partial charge in [-0.05, 0) is 66.7 Å². The average molecular weight is 492 g/mol. The second-order valence-electron chi connectivity index (χ2n) is 7.84. The summed E-state index contributed by atoms with van der Waals surface area (Å²) in [6, 6.07) is 19.8. The minimum Gasteiger partial charge on any atom is -0.507 e. The second-order valence-corrected chi connectivity index (χ2v) is 8.27. The number of alkyl halides is 1. The molecule has 7 N–H and O–H groups in total. The molecular weight excluding hydrogens is 469 g/mol. The minimum atomic E-state index is -0.678. The monoisotopic (exact) mass is 491 g/mol. The smallest absolute Gasteiger partial charge is 0.251 e. The van der Waals surface area contributed by atoms with E-state index in [9.17, 15) is 14.3 Å². The van der Waals surface area contributed by atoms with E-state index in [-0.39, 0.29) is 24.0 Å². The van der Waals surface area contributed by atoms with Crippen LogP contribution >= 0.6 is 11.6 Å². The van der Waals surface area contributed by atoms with Gasteiger partial charge in [0.2, 0.25) is 0 Å². The third-order valence-electron chi connectivity index (χ3n) is 5.39. The fraction of sp³-hybridized carbons (Fsp3) is 0.0769. The van der Waals surface area contributed by atoms with E-state index in [0.29, 0.717) is 50.0 Å². The Bertz CT molecular complexity index is 1380. The van der Waals surface area contributed by atoms with Crippen LogP contribution in [0.4, 0.5) is 27.3 Å². The highest BCUT2D eigenvalue weighted by atomic mass is 35.5. The normalized spacial score (nSPS) is 10.7. The number of benzene rings is 3. The van der Waals surface area contributed by atoms with E-state index in [1.165, 1.54) is 6.07 Å². The van der Waals surface area contributed by atoms with Crippen molar-refractivity contribution in [3.05, 3.63) is 94.5 Å². The highest BCUT2D eigenvalue weighted by molar-refractivity contribution is 6.30. The van der Waals surface area contributed by atoms with Crippen LogP contribution in [0, 0.1) is 0 Å². The zero-order chi connectivity index (χ0) is 24.9. The van der Waals surface area contributed by atoms with Crippen LogP contribution in [0.25, 0.3) is 11.3 Å². The first-order valence-electron chi connectivity index (χ1n) is 10.7. The third kappa shape index (κ3) is 5.62. The van der Waals surface area contributed by atoms with Crippen molar-refractivity contribution in [3.63, 3.8) is 0 Å². The number of nitrogens with two attached hydrogens (primary N) is 2. The fourth-order valence-electron chi connectivity index (χ4n) is 3.48. The minimum absolute atomic E-state index is 0.00803. The van der Waals surface area contributed by atoms with Gasteiger partial charge in [-0.2, -0.15) is 0 Å². The zero-order valence-electron chi connectivity index (χ0n) is 18.6. The molecule has 35 heavy (non-hydrogen) atoms. The van der Waals surface area contributed by atoms with Crippen LogP contribution in [0.3, 0.4) is 0 Å². The van der Waals surface area contributed by atoms with Gasteiger partial charge in [-0.15, -0.1) is 0 Å². The van der Waals surface area contributed by atoms with Gasteiger partial charge in [0.15, 0.2) is 0 Å². The molecule has 0 saturated carbocycles. The number of nitrogen functional groups attached to an aromatic ring is 2. The fourth-order valence-corrected chi connectivity index (χ4v) is 3.68. The number of nitrogens with zero attached hydrogens (tertiary/aromatic N) is 1. The Balaban J connectivity index is 1.51. The van der Waals surface area contributed by atoms with Crippen molar-refractivity contribution in [2.24, 2.45) is 0 Å². The number of rotatable bonds is 7. The summed E-state index contributed by atoms with van der Waals surface area (Å²) in [6.07, 6.45) is 0. The van der Waals surface area contributed by atoms with Gasteiger partial charge in [0.1, 0.15) is 18.2 Å². The Morgan fingerprint density at radius 2 is 1.74 bits per heavy atom. The topological polar surface area (TPSA) is 126 Å². The molecule has 0 saturated heterocycles. The second kappa shape index (κ2) is 10.3. The van der Waals surface area contributed by atoms with E-state index in [1.807, 2.05) is 0 Å². The van der Waals surface area contributed by atoms with Crippen molar-refractivity contribution in [1.29, 1.82) is 0 Å². The number of aromatic hydroxyl groups is 1. The lowest BCUT2D eigenvalue weighted by Gasteiger charge is -2.14. The van der Waals surface area contributed by atoms with E-state index in [2.05, 4.69) is 15.6 Å². The molecule has 1 heterocycles. The lowest BCUT2D eigenvalue weighted by Crippen LogP contribution is -2.23. The molecule has 0 bridgehead atoms. The standard InChI is InChI=1S/C26H23ClFN5O2/c27-18-4-9-22(17(11-18)13-28)32-20-7-10-24(34)21(12-20)23-8-3-16(25(30)33-23)14-31-26(35)15-1-5-19(29)6-2-15/h1-12,32,34H,13-14,29H2,(H2,30,33)(H,31,35). The molecule has 1 aromatic heterocycles. The number of pyridine rings is 1. The first-order chi connectivity index (χ1) is 16.8. The van der Waals surface area contributed by atoms with E-state index in [0.717, 1.165) is 0 Å². The zero-order valence-corrected chi connectivity index (χ0v) is 19.3. The van der Waals surface area contributed by atoms with Crippen molar-refractivity contribution in [3.8, 4) is 17.0 Å². The molecule has 0 fully saturated rings. The molecule has 0 radical (unpaired) electrons. The summed E-state index contributed by atoms with van der Waals surface area (Å²) in [5.41, 5.74) is 16.0. The Kier molecular flexibility index (Phi) is 7.03. The number of carbonyl (C=O) groups is 1. The molecule has 9 heteroatoms. The number of aromatic nitrogens is 1. The summed E-state index contributed by atoms with van der Waals surface area (Å²) in [7, 11) is 0. The van der Waals surface area contributed by atoms with Crippen LogP contribution in [0.15, 0.2) is 72.8 Å². The van der Waals surface area contributed by atoms with Gasteiger partial charge in [0.25, 0.3) is 5.91 Å². The van der Waals surface area contributed by atoms with E-state index in [1.54, 1.807) is 66.7 Å². The van der Waals surface area contributed by atoms with Gasteiger partial charge in [0, 0.05) is 50.9 Å². The molecule has 0 unspecified atom stereocenters. The van der Waals surface area contributed by atoms with Crippen LogP contribution in [-0.4, -0.2) is 16.0 Å². The Hall–Kier alpha value is -4.30. The van der Waals surface area contributed by atoms with E-state index >= 15 is 0 Å². The third-order valence-corrected chi connectivity index (χ3v) is 5.62. The summed E-state index contributed by atoms with van der Waals surface area (Å²) in [4.78, 5) is 16.7. The first kappa shape index (κ1) is 23.8. The number of nitrogens with one attached hydrogen (secondary N) is 2. The van der Waals surface area contributed by atoms with E-state index in [4.69, 9.17) is 23.1 Å². The van der Waals surface area contributed by atoms with E-state index < -0.39 is 6.67 Å². The largest absolute Gasteiger partial charge is 0.507 e. The number of phenols is 1. The number of phenolic OH excluding ortho intramolecular Hbond substituents is 1. The summed E-state index contributed by atoms with van der Waals surface area (Å²) in [6.45, 7) is -0.499. The molecule has 178 valence electrons. The number of amides is 1. The first-order valence-corrected chi connectivity index (χ1v) is 11.1. The quantitative estimate of drug-likeness (QED) is 0.174. The molecule has 0 aliphatic rings. The van der Waals surface area contributed by atoms with Gasteiger partial charge < -0.3 is 27.2 Å². The molecule has 3 aromatic carbocycles. The van der Waals surface area contributed by atoms with Gasteiger partial charge in [-0.1, -0.05) is 17.7 Å². The summed E-state index contributed by atoms with van der Waals surface area (Å²) in [5, 5.41) is 16.8. The number of hydrogen-bond acceptors (Lipinski definition) is 6. The Labute approximate surface area is 206 Å². The molecule has 7 nitrogen and oxygen atoms in total. The summed E-state index contributed by atoms with van der Waals surface area (Å²) in [5.74, 6) is -0.0382. The van der Waals surface area contributed by atoms with Crippen molar-refractivity contribution in [1.82, 2.24) is 10.3 Å². The molecule has 4 aromatic rings. The van der Waals surface area contributed by atoms with Gasteiger partial charge in [-0.3, -0.25) is 4.79 Å². The van der Waals surface area contributed by atoms with Gasteiger partial charge >= 0.3 is 0 Å². The predicted octanol–water partition coefficient (Wildman–Crippen LogP) is 5.42. The number of hydrogen-bond donors (Lipinski definition) is 5. The number of halogens is 2. The molecule has 1 amide bonds. The summed E-state index contributed by atoms with van der Waals surface area (Å²) >= 11 is 5.95. The number of carbonyl (C=O) groups excluding carboxylic acids is 1. The van der Waals surface area contributed by atoms with Gasteiger partial charge in [-0.25, -0.2) is 9.37 Å². The van der Waals surface area contributed by atoms with Crippen molar-refractivity contribution in [2.45, 2.75) is 13.2 Å². The molecule has 0 atom stereocenters. The predicted molar refractivity (Wildman–Crippen MR) is 137 cm³/mol. The Morgan fingerprint density at radius 1 is 0.971 bits per heavy atom. The SMILES string of the molecule is Nc1ccc(C(=O)NCc2ccc(-c3cc(Nc4ccc(Cl)cc4CF)ccc3O)nc2N)cc1. The molecule has 4 rings (SSSR count). The van der Waals surface area contributed by atoms with Crippen LogP contribution in [0.1, 0.15) is 21.5 Å². The molecule has 0 spiro atoms. The lowest BCUT2D eigenvalue weighted by molar-refractivity contribution is 0.0951. The Morgan fingerprint density at radius 3 is 2.46 bits per heavy atom. The lowest BCUT2D eigenvalue weighted by atomic mass is 10.1. The van der Waals surface area contributed by atoms with Gasteiger partial charge in [0.05, 0.1) is 5.69 Å². The van der Waals surface area contributed by atoms with Crippen LogP contribution < -0.4 is 22.1 Å². The van der Waals surface area contributed by atoms with Crippen molar-refractivity contribution in [2.75, 3.05) is 16.8 Å². The highest BCUT2D eigenvalue weighted by Crippen LogP contribution is 2.33. The summed E-state index contributed by atoms with van der Waals surface area (Å²) < 4.78 is 13.4. The van der Waals surface area contributed by atoms with Crippen LogP contribution in [0.2, 0.25) is 5.02 Å².